The van der Waals surface area contributed by atoms with Gasteiger partial charge in [-0.25, -0.2) is 4.79 Å². The molecule has 0 atom stereocenters. The normalized spacial score (nSPS) is 9.56. The van der Waals surface area contributed by atoms with Crippen LogP contribution >= 0.6 is 0 Å². The molecule has 0 fully saturated rings. The van der Waals surface area contributed by atoms with Gasteiger partial charge >= 0.3 is 11.7 Å². The van der Waals surface area contributed by atoms with E-state index in [0.29, 0.717) is 0 Å². The molecular formula is C10H8FNO4. The summed E-state index contributed by atoms with van der Waals surface area (Å²) in [7, 11) is 0. The number of ether oxygens (including phenoxy) is 1. The van der Waals surface area contributed by atoms with E-state index >= 15 is 0 Å². The molecule has 0 amide bonds. The summed E-state index contributed by atoms with van der Waals surface area (Å²) in [5.74, 6) is -2.15. The number of carbonyl (C=O) groups excluding carboxylic acids is 1. The van der Waals surface area contributed by atoms with E-state index in [1.165, 1.54) is 12.1 Å². The molecule has 0 saturated carbocycles. The molecule has 0 bridgehead atoms. The van der Waals surface area contributed by atoms with E-state index in [0.717, 1.165) is 12.1 Å². The highest BCUT2D eigenvalue weighted by molar-refractivity contribution is 5.90. The first-order chi connectivity index (χ1) is 7.57. The van der Waals surface area contributed by atoms with Crippen LogP contribution in [0.1, 0.15) is 10.4 Å². The van der Waals surface area contributed by atoms with Crippen LogP contribution < -0.4 is 0 Å². The monoisotopic (exact) mass is 225 g/mol. The largest absolute Gasteiger partial charge is 0.458 e. The molecule has 0 aliphatic rings. The van der Waals surface area contributed by atoms with Gasteiger partial charge in [0.25, 0.3) is 0 Å². The van der Waals surface area contributed by atoms with Gasteiger partial charge in [0, 0.05) is 6.07 Å². The van der Waals surface area contributed by atoms with E-state index in [9.17, 15) is 19.3 Å². The number of rotatable bonds is 4. The van der Waals surface area contributed by atoms with Crippen LogP contribution in [0.2, 0.25) is 0 Å². The zero-order chi connectivity index (χ0) is 12.1. The van der Waals surface area contributed by atoms with Crippen LogP contribution in [-0.4, -0.2) is 17.5 Å². The van der Waals surface area contributed by atoms with Gasteiger partial charge in [0.05, 0.1) is 4.92 Å². The Bertz CT molecular complexity index is 444. The third-order valence-corrected chi connectivity index (χ3v) is 1.73. The van der Waals surface area contributed by atoms with Crippen molar-refractivity contribution in [3.8, 4) is 0 Å². The van der Waals surface area contributed by atoms with Gasteiger partial charge in [-0.3, -0.25) is 10.1 Å². The molecular weight excluding hydrogens is 217 g/mol. The minimum absolute atomic E-state index is 0.0824. The Morgan fingerprint density at radius 1 is 1.62 bits per heavy atom. The molecule has 1 aromatic rings. The SMILES string of the molecule is C=CCOC(=O)c1cccc([N+](=O)[O-])c1F. The Kier molecular flexibility index (Phi) is 3.71. The van der Waals surface area contributed by atoms with Crippen molar-refractivity contribution >= 4 is 11.7 Å². The molecule has 0 heterocycles. The molecule has 6 heteroatoms. The Balaban J connectivity index is 3.05. The second-order valence-corrected chi connectivity index (χ2v) is 2.78. The maximum atomic E-state index is 13.4. The van der Waals surface area contributed by atoms with Crippen molar-refractivity contribution in [1.29, 1.82) is 0 Å². The average molecular weight is 225 g/mol. The van der Waals surface area contributed by atoms with Crippen LogP contribution in [0.3, 0.4) is 0 Å². The van der Waals surface area contributed by atoms with Crippen molar-refractivity contribution in [2.75, 3.05) is 6.61 Å². The predicted octanol–water partition coefficient (Wildman–Crippen LogP) is 2.08. The molecule has 16 heavy (non-hydrogen) atoms. The Labute approximate surface area is 90.3 Å². The van der Waals surface area contributed by atoms with Gasteiger partial charge < -0.3 is 4.74 Å². The highest BCUT2D eigenvalue weighted by Crippen LogP contribution is 2.20. The highest BCUT2D eigenvalue weighted by atomic mass is 19.1. The highest BCUT2D eigenvalue weighted by Gasteiger charge is 2.22. The summed E-state index contributed by atoms with van der Waals surface area (Å²) in [6.07, 6.45) is 1.31. The number of nitro groups is 1. The maximum absolute atomic E-state index is 13.4. The van der Waals surface area contributed by atoms with Crippen LogP contribution in [0.15, 0.2) is 30.9 Å². The fraction of sp³-hybridized carbons (Fsp3) is 0.100. The van der Waals surface area contributed by atoms with Crippen LogP contribution in [0, 0.1) is 15.9 Å². The van der Waals surface area contributed by atoms with Crippen LogP contribution in [0.25, 0.3) is 0 Å². The number of nitrogens with zero attached hydrogens (tertiary/aromatic N) is 1. The molecule has 0 unspecified atom stereocenters. The number of halogens is 1. The van der Waals surface area contributed by atoms with Crippen LogP contribution in [-0.2, 0) is 4.74 Å². The zero-order valence-corrected chi connectivity index (χ0v) is 8.18. The lowest BCUT2D eigenvalue weighted by molar-refractivity contribution is -0.387. The lowest BCUT2D eigenvalue weighted by atomic mass is 10.2. The van der Waals surface area contributed by atoms with Crippen molar-refractivity contribution in [3.63, 3.8) is 0 Å². The van der Waals surface area contributed by atoms with Crippen LogP contribution in [0.4, 0.5) is 10.1 Å². The summed E-state index contributed by atoms with van der Waals surface area (Å²) < 4.78 is 18.0. The van der Waals surface area contributed by atoms with Gasteiger partial charge in [-0.2, -0.15) is 4.39 Å². The molecule has 84 valence electrons. The molecule has 0 saturated heterocycles. The Hall–Kier alpha value is -2.24. The van der Waals surface area contributed by atoms with E-state index in [2.05, 4.69) is 11.3 Å². The smallest absolute Gasteiger partial charge is 0.341 e. The second-order valence-electron chi connectivity index (χ2n) is 2.78. The summed E-state index contributed by atoms with van der Waals surface area (Å²) in [5, 5.41) is 10.4. The number of benzene rings is 1. The first-order valence-electron chi connectivity index (χ1n) is 4.29. The fourth-order valence-electron chi connectivity index (χ4n) is 1.03. The topological polar surface area (TPSA) is 69.4 Å². The molecule has 0 aliphatic carbocycles. The van der Waals surface area contributed by atoms with E-state index in [1.54, 1.807) is 0 Å². The van der Waals surface area contributed by atoms with E-state index < -0.39 is 28.0 Å². The quantitative estimate of drug-likeness (QED) is 0.340. The minimum Gasteiger partial charge on any atom is -0.458 e. The molecule has 0 aliphatic heterocycles. The lowest BCUT2D eigenvalue weighted by Crippen LogP contribution is -2.08. The second kappa shape index (κ2) is 5.01. The summed E-state index contributed by atoms with van der Waals surface area (Å²) in [6.45, 7) is 3.23. The van der Waals surface area contributed by atoms with E-state index in [4.69, 9.17) is 0 Å². The van der Waals surface area contributed by atoms with Crippen molar-refractivity contribution in [2.24, 2.45) is 0 Å². The van der Waals surface area contributed by atoms with Gasteiger partial charge in [-0.15, -0.1) is 0 Å². The fourth-order valence-corrected chi connectivity index (χ4v) is 1.03. The van der Waals surface area contributed by atoms with Gasteiger partial charge in [0.15, 0.2) is 0 Å². The number of carbonyl (C=O) groups is 1. The minimum atomic E-state index is -1.19. The average Bonchev–Trinajstić information content (AvgIpc) is 2.25. The first kappa shape index (κ1) is 11.8. The molecule has 0 radical (unpaired) electrons. The van der Waals surface area contributed by atoms with Crippen molar-refractivity contribution in [3.05, 3.63) is 52.3 Å². The standard InChI is InChI=1S/C10H8FNO4/c1-2-6-16-10(13)7-4-3-5-8(9(7)11)12(14)15/h2-5H,1,6H2. The van der Waals surface area contributed by atoms with Gasteiger partial charge in [-0.1, -0.05) is 18.7 Å². The third kappa shape index (κ3) is 2.41. The van der Waals surface area contributed by atoms with Gasteiger partial charge in [-0.05, 0) is 6.07 Å². The number of hydrogen-bond acceptors (Lipinski definition) is 4. The molecule has 0 aromatic heterocycles. The number of hydrogen-bond donors (Lipinski definition) is 0. The molecule has 0 N–H and O–H groups in total. The summed E-state index contributed by atoms with van der Waals surface area (Å²) in [5.41, 5.74) is -1.22. The molecule has 5 nitrogen and oxygen atoms in total. The van der Waals surface area contributed by atoms with Crippen molar-refractivity contribution in [2.45, 2.75) is 0 Å². The predicted molar refractivity (Wildman–Crippen MR) is 53.5 cm³/mol. The molecule has 0 spiro atoms. The van der Waals surface area contributed by atoms with E-state index in [-0.39, 0.29) is 6.61 Å². The summed E-state index contributed by atoms with van der Waals surface area (Å²) in [6, 6.07) is 3.30. The molecule has 1 rings (SSSR count). The maximum Gasteiger partial charge on any atom is 0.341 e. The molecule has 1 aromatic carbocycles. The lowest BCUT2D eigenvalue weighted by Gasteiger charge is -2.02. The van der Waals surface area contributed by atoms with Crippen molar-refractivity contribution < 1.29 is 18.8 Å². The summed E-state index contributed by atoms with van der Waals surface area (Å²) >= 11 is 0. The summed E-state index contributed by atoms with van der Waals surface area (Å²) in [4.78, 5) is 20.8. The number of esters is 1. The van der Waals surface area contributed by atoms with Crippen molar-refractivity contribution in [1.82, 2.24) is 0 Å². The van der Waals surface area contributed by atoms with Gasteiger partial charge in [0.2, 0.25) is 5.82 Å². The number of nitro benzene ring substituents is 1. The Morgan fingerprint density at radius 3 is 2.88 bits per heavy atom. The zero-order valence-electron chi connectivity index (χ0n) is 8.18. The van der Waals surface area contributed by atoms with E-state index in [1.807, 2.05) is 0 Å². The van der Waals surface area contributed by atoms with Crippen LogP contribution in [0.5, 0.6) is 0 Å². The van der Waals surface area contributed by atoms with Gasteiger partial charge in [0.1, 0.15) is 12.2 Å². The Morgan fingerprint density at radius 2 is 2.31 bits per heavy atom. The third-order valence-electron chi connectivity index (χ3n) is 1.73. The first-order valence-corrected chi connectivity index (χ1v) is 4.29.